The van der Waals surface area contributed by atoms with Gasteiger partial charge in [-0.05, 0) is 76.5 Å². The minimum Gasteiger partial charge on any atom is -0.481 e. The average molecular weight is 457 g/mol. The van der Waals surface area contributed by atoms with Gasteiger partial charge in [-0.1, -0.05) is 49.4 Å². The molecule has 1 unspecified atom stereocenters. The molecule has 0 heterocycles. The van der Waals surface area contributed by atoms with Crippen LogP contribution < -0.4 is 10.1 Å². The number of ether oxygens (including phenoxy) is 1. The van der Waals surface area contributed by atoms with Crippen molar-refractivity contribution in [2.45, 2.75) is 19.4 Å². The summed E-state index contributed by atoms with van der Waals surface area (Å²) in [5.41, 5.74) is 3.05. The smallest absolute Gasteiger partial charge is 0.265 e. The molecule has 132 valence electrons. The topological polar surface area (TPSA) is 38.3 Å². The molecule has 26 heavy (non-hydrogen) atoms. The van der Waals surface area contributed by atoms with Crippen molar-refractivity contribution in [2.75, 3.05) is 5.32 Å². The zero-order chi connectivity index (χ0) is 18.4. The van der Waals surface area contributed by atoms with E-state index in [0.717, 1.165) is 20.4 Å². The normalized spacial score (nSPS) is 11.6. The largest absolute Gasteiger partial charge is 0.481 e. The maximum atomic E-state index is 12.5. The minimum atomic E-state index is -0.531. The molecule has 0 aliphatic rings. The molecule has 0 spiro atoms. The van der Waals surface area contributed by atoms with Gasteiger partial charge in [-0.2, -0.15) is 0 Å². The zero-order valence-electron chi connectivity index (χ0n) is 14.5. The van der Waals surface area contributed by atoms with Gasteiger partial charge in [0.1, 0.15) is 5.75 Å². The maximum absolute atomic E-state index is 12.5. The molecule has 0 bridgehead atoms. The first-order chi connectivity index (χ1) is 12.7. The predicted octanol–water partition coefficient (Wildman–Crippen LogP) is 5.75. The van der Waals surface area contributed by atoms with Crippen LogP contribution in [0, 0.1) is 3.57 Å². The molecular formula is C22H20INO2. The third-order valence-corrected chi connectivity index (χ3v) is 4.73. The van der Waals surface area contributed by atoms with Crippen molar-refractivity contribution in [3.05, 3.63) is 82.4 Å². The van der Waals surface area contributed by atoms with Gasteiger partial charge in [0.25, 0.3) is 5.91 Å². The van der Waals surface area contributed by atoms with Crippen LogP contribution in [0.15, 0.2) is 78.9 Å². The van der Waals surface area contributed by atoms with Crippen LogP contribution in [-0.2, 0) is 4.79 Å². The standard InChI is InChI=1S/C22H20INO2/c1-2-21(22(25)24-19-12-10-18(23)11-13-19)26-20-14-8-17(9-15-20)16-6-4-3-5-7-16/h3-15,21H,2H2,1H3,(H,24,25). The van der Waals surface area contributed by atoms with Crippen LogP contribution >= 0.6 is 22.6 Å². The van der Waals surface area contributed by atoms with Crippen LogP contribution in [0.2, 0.25) is 0 Å². The Morgan fingerprint density at radius 1 is 0.923 bits per heavy atom. The van der Waals surface area contributed by atoms with E-state index in [1.54, 1.807) is 0 Å². The van der Waals surface area contributed by atoms with Gasteiger partial charge in [0.15, 0.2) is 6.10 Å². The molecule has 3 rings (SSSR count). The number of rotatable bonds is 6. The Kier molecular flexibility index (Phi) is 6.28. The molecular weight excluding hydrogens is 437 g/mol. The molecule has 0 fully saturated rings. The Balaban J connectivity index is 1.65. The number of carbonyl (C=O) groups is 1. The summed E-state index contributed by atoms with van der Waals surface area (Å²) in [5.74, 6) is 0.551. The molecule has 0 radical (unpaired) electrons. The van der Waals surface area contributed by atoms with Gasteiger partial charge in [-0.15, -0.1) is 0 Å². The lowest BCUT2D eigenvalue weighted by Crippen LogP contribution is -2.32. The van der Waals surface area contributed by atoms with Crippen molar-refractivity contribution >= 4 is 34.2 Å². The van der Waals surface area contributed by atoms with E-state index in [9.17, 15) is 4.79 Å². The summed E-state index contributed by atoms with van der Waals surface area (Å²) in [6, 6.07) is 25.7. The molecule has 3 aromatic carbocycles. The highest BCUT2D eigenvalue weighted by Crippen LogP contribution is 2.23. The summed E-state index contributed by atoms with van der Waals surface area (Å²) < 4.78 is 7.03. The van der Waals surface area contributed by atoms with Crippen molar-refractivity contribution in [3.63, 3.8) is 0 Å². The Morgan fingerprint density at radius 2 is 1.54 bits per heavy atom. The van der Waals surface area contributed by atoms with Crippen LogP contribution in [-0.4, -0.2) is 12.0 Å². The van der Waals surface area contributed by atoms with E-state index >= 15 is 0 Å². The Bertz CT molecular complexity index is 846. The van der Waals surface area contributed by atoms with E-state index in [0.29, 0.717) is 12.2 Å². The zero-order valence-corrected chi connectivity index (χ0v) is 16.6. The number of amides is 1. The molecule has 0 saturated carbocycles. The fraction of sp³-hybridized carbons (Fsp3) is 0.136. The fourth-order valence-corrected chi connectivity index (χ4v) is 2.96. The van der Waals surface area contributed by atoms with Gasteiger partial charge in [0.05, 0.1) is 0 Å². The van der Waals surface area contributed by atoms with Crippen molar-refractivity contribution in [3.8, 4) is 16.9 Å². The monoisotopic (exact) mass is 457 g/mol. The minimum absolute atomic E-state index is 0.138. The number of hydrogen-bond acceptors (Lipinski definition) is 2. The van der Waals surface area contributed by atoms with Crippen LogP contribution in [0.3, 0.4) is 0 Å². The lowest BCUT2D eigenvalue weighted by molar-refractivity contribution is -0.122. The van der Waals surface area contributed by atoms with Crippen molar-refractivity contribution in [1.82, 2.24) is 0 Å². The van der Waals surface area contributed by atoms with E-state index < -0.39 is 6.10 Å². The lowest BCUT2D eigenvalue weighted by Gasteiger charge is -2.17. The predicted molar refractivity (Wildman–Crippen MR) is 114 cm³/mol. The van der Waals surface area contributed by atoms with E-state index in [4.69, 9.17) is 4.74 Å². The van der Waals surface area contributed by atoms with E-state index in [1.807, 2.05) is 73.7 Å². The number of anilines is 1. The molecule has 3 nitrogen and oxygen atoms in total. The Morgan fingerprint density at radius 3 is 2.15 bits per heavy atom. The first-order valence-electron chi connectivity index (χ1n) is 8.54. The average Bonchev–Trinajstić information content (AvgIpc) is 2.69. The molecule has 0 aliphatic heterocycles. The molecule has 4 heteroatoms. The van der Waals surface area contributed by atoms with E-state index in [1.165, 1.54) is 0 Å². The van der Waals surface area contributed by atoms with Crippen molar-refractivity contribution in [2.24, 2.45) is 0 Å². The maximum Gasteiger partial charge on any atom is 0.265 e. The summed E-state index contributed by atoms with van der Waals surface area (Å²) >= 11 is 2.24. The second kappa shape index (κ2) is 8.85. The molecule has 1 atom stereocenters. The summed E-state index contributed by atoms with van der Waals surface area (Å²) in [6.07, 6.45) is 0.0632. The highest BCUT2D eigenvalue weighted by atomic mass is 127. The number of nitrogens with one attached hydrogen (secondary N) is 1. The number of benzene rings is 3. The van der Waals surface area contributed by atoms with Gasteiger partial charge in [0, 0.05) is 9.26 Å². The second-order valence-corrected chi connectivity index (χ2v) is 7.15. The SMILES string of the molecule is CCC(Oc1ccc(-c2ccccc2)cc1)C(=O)Nc1ccc(I)cc1. The summed E-state index contributed by atoms with van der Waals surface area (Å²) in [7, 11) is 0. The number of carbonyl (C=O) groups excluding carboxylic acids is 1. The molecule has 0 saturated heterocycles. The Hall–Kier alpha value is -2.34. The highest BCUT2D eigenvalue weighted by Gasteiger charge is 2.18. The summed E-state index contributed by atoms with van der Waals surface area (Å²) in [6.45, 7) is 1.94. The number of halogens is 1. The van der Waals surface area contributed by atoms with Gasteiger partial charge < -0.3 is 10.1 Å². The van der Waals surface area contributed by atoms with Crippen LogP contribution in [0.5, 0.6) is 5.75 Å². The lowest BCUT2D eigenvalue weighted by atomic mass is 10.1. The van der Waals surface area contributed by atoms with Crippen molar-refractivity contribution < 1.29 is 9.53 Å². The quantitative estimate of drug-likeness (QED) is 0.479. The third-order valence-electron chi connectivity index (χ3n) is 4.01. The van der Waals surface area contributed by atoms with E-state index in [2.05, 4.69) is 40.0 Å². The first-order valence-corrected chi connectivity index (χ1v) is 9.62. The van der Waals surface area contributed by atoms with Crippen molar-refractivity contribution in [1.29, 1.82) is 0 Å². The van der Waals surface area contributed by atoms with Crippen LogP contribution in [0.25, 0.3) is 11.1 Å². The summed E-state index contributed by atoms with van der Waals surface area (Å²) in [5, 5.41) is 2.91. The molecule has 0 aliphatic carbocycles. The van der Waals surface area contributed by atoms with Gasteiger partial charge in [0.2, 0.25) is 0 Å². The molecule has 3 aromatic rings. The molecule has 1 N–H and O–H groups in total. The van der Waals surface area contributed by atoms with Crippen LogP contribution in [0.1, 0.15) is 13.3 Å². The Labute approximate surface area is 167 Å². The highest BCUT2D eigenvalue weighted by molar-refractivity contribution is 14.1. The van der Waals surface area contributed by atoms with Gasteiger partial charge in [-0.3, -0.25) is 4.79 Å². The third kappa shape index (κ3) is 4.85. The molecule has 0 aromatic heterocycles. The fourth-order valence-electron chi connectivity index (χ4n) is 2.60. The van der Waals surface area contributed by atoms with Gasteiger partial charge in [-0.25, -0.2) is 0 Å². The van der Waals surface area contributed by atoms with Gasteiger partial charge >= 0.3 is 0 Å². The number of hydrogen-bond donors (Lipinski definition) is 1. The second-order valence-electron chi connectivity index (χ2n) is 5.90. The molecule has 1 amide bonds. The van der Waals surface area contributed by atoms with E-state index in [-0.39, 0.29) is 5.91 Å². The van der Waals surface area contributed by atoms with Crippen LogP contribution in [0.4, 0.5) is 5.69 Å². The summed E-state index contributed by atoms with van der Waals surface area (Å²) in [4.78, 5) is 12.5. The first kappa shape index (κ1) is 18.5.